The third kappa shape index (κ3) is 5.48. The van der Waals surface area contributed by atoms with Crippen molar-refractivity contribution in [2.75, 3.05) is 33.3 Å². The van der Waals surface area contributed by atoms with E-state index in [0.29, 0.717) is 56.8 Å². The maximum Gasteiger partial charge on any atom is 0.303 e. The fourth-order valence-corrected chi connectivity index (χ4v) is 2.81. The van der Waals surface area contributed by atoms with Crippen molar-refractivity contribution < 1.29 is 24.2 Å². The van der Waals surface area contributed by atoms with E-state index in [1.807, 2.05) is 0 Å². The number of carbonyl (C=O) groups is 3. The van der Waals surface area contributed by atoms with Crippen LogP contribution in [0, 0.1) is 0 Å². The number of carboxylic acids is 1. The van der Waals surface area contributed by atoms with Gasteiger partial charge in [-0.05, 0) is 31.0 Å². The van der Waals surface area contributed by atoms with Crippen LogP contribution < -0.4 is 4.74 Å². The van der Waals surface area contributed by atoms with Crippen molar-refractivity contribution in [2.45, 2.75) is 25.7 Å². The van der Waals surface area contributed by atoms with E-state index in [1.165, 1.54) is 0 Å². The van der Waals surface area contributed by atoms with Gasteiger partial charge in [0.15, 0.2) is 0 Å². The number of benzene rings is 1. The van der Waals surface area contributed by atoms with Gasteiger partial charge in [-0.3, -0.25) is 14.4 Å². The molecule has 1 N–H and O–H groups in total. The minimum atomic E-state index is -0.836. The topological polar surface area (TPSA) is 87.2 Å². The smallest absolute Gasteiger partial charge is 0.303 e. The molecule has 0 aliphatic carbocycles. The number of hydrogen-bond acceptors (Lipinski definition) is 4. The fraction of sp³-hybridized carbons (Fsp3) is 0.500. The Balaban J connectivity index is 1.79. The first-order valence-electron chi connectivity index (χ1n) is 8.44. The summed E-state index contributed by atoms with van der Waals surface area (Å²) in [6.07, 6.45) is 1.54. The average Bonchev–Trinajstić information content (AvgIpc) is 2.64. The monoisotopic (exact) mass is 348 g/mol. The van der Waals surface area contributed by atoms with Crippen LogP contribution in [0.1, 0.15) is 36.0 Å². The van der Waals surface area contributed by atoms with Crippen molar-refractivity contribution in [3.8, 4) is 5.75 Å². The lowest BCUT2D eigenvalue weighted by atomic mass is 10.1. The molecule has 7 nitrogen and oxygen atoms in total. The van der Waals surface area contributed by atoms with Crippen LogP contribution in [0.2, 0.25) is 0 Å². The zero-order valence-electron chi connectivity index (χ0n) is 14.4. The Morgan fingerprint density at radius 3 is 2.32 bits per heavy atom. The normalized spacial score (nSPS) is 14.3. The Kier molecular flexibility index (Phi) is 6.80. The molecule has 1 aromatic rings. The van der Waals surface area contributed by atoms with Gasteiger partial charge in [-0.2, -0.15) is 0 Å². The van der Waals surface area contributed by atoms with Crippen LogP contribution in [0.15, 0.2) is 24.3 Å². The Bertz CT molecular complexity index is 624. The second-order valence-electron chi connectivity index (χ2n) is 6.01. The molecule has 1 saturated heterocycles. The van der Waals surface area contributed by atoms with Gasteiger partial charge in [0.05, 0.1) is 7.11 Å². The number of amides is 2. The van der Waals surface area contributed by atoms with E-state index in [2.05, 4.69) is 0 Å². The Morgan fingerprint density at radius 1 is 1.04 bits per heavy atom. The molecule has 0 unspecified atom stereocenters. The molecule has 2 amide bonds. The molecule has 0 bridgehead atoms. The Morgan fingerprint density at radius 2 is 1.68 bits per heavy atom. The highest BCUT2D eigenvalue weighted by molar-refractivity contribution is 5.94. The van der Waals surface area contributed by atoms with Gasteiger partial charge in [-0.25, -0.2) is 0 Å². The summed E-state index contributed by atoms with van der Waals surface area (Å²) >= 11 is 0. The van der Waals surface area contributed by atoms with Crippen molar-refractivity contribution in [1.29, 1.82) is 0 Å². The molecule has 0 atom stereocenters. The van der Waals surface area contributed by atoms with Crippen LogP contribution in [0.5, 0.6) is 5.75 Å². The largest absolute Gasteiger partial charge is 0.497 e. The van der Waals surface area contributed by atoms with Crippen LogP contribution in [-0.4, -0.2) is 66.0 Å². The molecule has 25 heavy (non-hydrogen) atoms. The van der Waals surface area contributed by atoms with Crippen molar-refractivity contribution in [1.82, 2.24) is 9.80 Å². The fourth-order valence-electron chi connectivity index (χ4n) is 2.81. The number of nitrogens with zero attached hydrogens (tertiary/aromatic N) is 2. The molecule has 1 heterocycles. The van der Waals surface area contributed by atoms with Crippen LogP contribution in [0.25, 0.3) is 0 Å². The van der Waals surface area contributed by atoms with Gasteiger partial charge in [0.25, 0.3) is 5.91 Å². The predicted molar refractivity (Wildman–Crippen MR) is 91.6 cm³/mol. The molecule has 136 valence electrons. The minimum Gasteiger partial charge on any atom is -0.497 e. The second-order valence-corrected chi connectivity index (χ2v) is 6.01. The Labute approximate surface area is 147 Å². The van der Waals surface area contributed by atoms with Gasteiger partial charge in [0.2, 0.25) is 5.91 Å². The summed E-state index contributed by atoms with van der Waals surface area (Å²) in [5.74, 6) is -0.232. The summed E-state index contributed by atoms with van der Waals surface area (Å²) in [5, 5.41) is 8.59. The van der Waals surface area contributed by atoms with Gasteiger partial charge in [-0.1, -0.05) is 6.07 Å². The molecule has 7 heteroatoms. The van der Waals surface area contributed by atoms with Crippen molar-refractivity contribution in [3.05, 3.63) is 29.8 Å². The molecule has 1 aliphatic heterocycles. The number of carboxylic acid groups (broad SMARTS) is 1. The molecule has 0 spiro atoms. The lowest BCUT2D eigenvalue weighted by Crippen LogP contribution is -2.50. The van der Waals surface area contributed by atoms with Crippen LogP contribution in [0.4, 0.5) is 0 Å². The Hall–Kier alpha value is -2.57. The number of rotatable bonds is 7. The van der Waals surface area contributed by atoms with Gasteiger partial charge >= 0.3 is 5.97 Å². The summed E-state index contributed by atoms with van der Waals surface area (Å²) in [6.45, 7) is 2.01. The molecule has 2 rings (SSSR count). The first kappa shape index (κ1) is 18.8. The molecule has 1 fully saturated rings. The summed E-state index contributed by atoms with van der Waals surface area (Å²) < 4.78 is 5.14. The second kappa shape index (κ2) is 9.05. The summed E-state index contributed by atoms with van der Waals surface area (Å²) in [4.78, 5) is 38.6. The van der Waals surface area contributed by atoms with E-state index in [9.17, 15) is 14.4 Å². The molecule has 0 saturated carbocycles. The maximum atomic E-state index is 12.5. The van der Waals surface area contributed by atoms with Gasteiger partial charge in [-0.15, -0.1) is 0 Å². The van der Waals surface area contributed by atoms with Crippen LogP contribution in [0.3, 0.4) is 0 Å². The van der Waals surface area contributed by atoms with E-state index in [0.717, 1.165) is 0 Å². The molecule has 0 aromatic heterocycles. The number of piperazine rings is 1. The zero-order chi connectivity index (χ0) is 18.2. The molecule has 0 radical (unpaired) electrons. The number of unbranched alkanes of at least 4 members (excludes halogenated alkanes) is 1. The molecule has 1 aliphatic rings. The SMILES string of the molecule is COc1cccc(C(=O)N2CCN(C(=O)CCCCC(=O)O)CC2)c1. The van der Waals surface area contributed by atoms with Crippen LogP contribution >= 0.6 is 0 Å². The van der Waals surface area contributed by atoms with Crippen molar-refractivity contribution in [2.24, 2.45) is 0 Å². The minimum absolute atomic E-state index is 0.0267. The maximum absolute atomic E-state index is 12.5. The summed E-state index contributed by atoms with van der Waals surface area (Å²) in [5.41, 5.74) is 0.577. The van der Waals surface area contributed by atoms with Gasteiger partial charge < -0.3 is 19.6 Å². The predicted octanol–water partition coefficient (Wildman–Crippen LogP) is 1.62. The highest BCUT2D eigenvalue weighted by atomic mass is 16.5. The first-order chi connectivity index (χ1) is 12.0. The highest BCUT2D eigenvalue weighted by Gasteiger charge is 2.24. The number of methoxy groups -OCH3 is 1. The zero-order valence-corrected chi connectivity index (χ0v) is 14.4. The van der Waals surface area contributed by atoms with Gasteiger partial charge in [0.1, 0.15) is 5.75 Å². The highest BCUT2D eigenvalue weighted by Crippen LogP contribution is 2.16. The third-order valence-electron chi connectivity index (χ3n) is 4.27. The number of hydrogen-bond donors (Lipinski definition) is 1. The average molecular weight is 348 g/mol. The third-order valence-corrected chi connectivity index (χ3v) is 4.27. The number of carbonyl (C=O) groups excluding carboxylic acids is 2. The number of ether oxygens (including phenoxy) is 1. The van der Waals surface area contributed by atoms with E-state index in [1.54, 1.807) is 41.2 Å². The van der Waals surface area contributed by atoms with E-state index in [4.69, 9.17) is 9.84 Å². The van der Waals surface area contributed by atoms with E-state index in [-0.39, 0.29) is 18.2 Å². The summed E-state index contributed by atoms with van der Waals surface area (Å²) in [7, 11) is 1.56. The van der Waals surface area contributed by atoms with Crippen molar-refractivity contribution in [3.63, 3.8) is 0 Å². The van der Waals surface area contributed by atoms with Gasteiger partial charge in [0, 0.05) is 44.6 Å². The lowest BCUT2D eigenvalue weighted by molar-refractivity contribution is -0.137. The quantitative estimate of drug-likeness (QED) is 0.757. The standard InChI is InChI=1S/C18H24N2O5/c1-25-15-6-4-5-14(13-15)18(24)20-11-9-19(10-12-20)16(21)7-2-3-8-17(22)23/h4-6,13H,2-3,7-12H2,1H3,(H,22,23). The lowest BCUT2D eigenvalue weighted by Gasteiger charge is -2.35. The van der Waals surface area contributed by atoms with E-state index < -0.39 is 5.97 Å². The molecule has 1 aromatic carbocycles. The van der Waals surface area contributed by atoms with E-state index >= 15 is 0 Å². The molecular weight excluding hydrogens is 324 g/mol. The van der Waals surface area contributed by atoms with Crippen LogP contribution in [-0.2, 0) is 9.59 Å². The molecular formula is C18H24N2O5. The van der Waals surface area contributed by atoms with Crippen molar-refractivity contribution >= 4 is 17.8 Å². The summed E-state index contributed by atoms with van der Waals surface area (Å²) in [6, 6.07) is 7.04. The number of aliphatic carboxylic acids is 1. The first-order valence-corrected chi connectivity index (χ1v) is 8.44.